The lowest BCUT2D eigenvalue weighted by molar-refractivity contribution is -0.0208. The van der Waals surface area contributed by atoms with Gasteiger partial charge in [-0.25, -0.2) is 13.8 Å². The summed E-state index contributed by atoms with van der Waals surface area (Å²) in [6, 6.07) is 7.02. The highest BCUT2D eigenvalue weighted by atomic mass is 32.2. The molecule has 0 saturated heterocycles. The molecule has 1 aliphatic heterocycles. The van der Waals surface area contributed by atoms with Crippen molar-refractivity contribution in [3.8, 4) is 17.0 Å². The first kappa shape index (κ1) is 28.4. The van der Waals surface area contributed by atoms with Gasteiger partial charge in [-0.3, -0.25) is 9.78 Å². The van der Waals surface area contributed by atoms with Crippen molar-refractivity contribution in [1.29, 1.82) is 0 Å². The number of amides is 1. The van der Waals surface area contributed by atoms with E-state index in [2.05, 4.69) is 15.3 Å². The molecule has 2 aliphatic rings. The Bertz CT molecular complexity index is 1390. The minimum Gasteiger partial charge on any atom is -0.491 e. The third-order valence-corrected chi connectivity index (χ3v) is 8.06. The Hall–Kier alpha value is -3.08. The van der Waals surface area contributed by atoms with Crippen LogP contribution in [0.1, 0.15) is 54.2 Å². The van der Waals surface area contributed by atoms with Crippen molar-refractivity contribution in [3.05, 3.63) is 71.2 Å². The molecule has 1 aliphatic carbocycles. The molecule has 10 heteroatoms. The van der Waals surface area contributed by atoms with Gasteiger partial charge in [0.25, 0.3) is 5.91 Å². The van der Waals surface area contributed by atoms with Crippen LogP contribution >= 0.6 is 11.8 Å². The van der Waals surface area contributed by atoms with Crippen molar-refractivity contribution in [2.24, 2.45) is 11.7 Å². The molecule has 1 aromatic carbocycles. The highest BCUT2D eigenvalue weighted by Crippen LogP contribution is 2.43. The summed E-state index contributed by atoms with van der Waals surface area (Å²) in [4.78, 5) is 21.8. The second-order valence-electron chi connectivity index (χ2n) is 10.7. The smallest absolute Gasteiger partial charge is 0.274 e. The zero-order valence-electron chi connectivity index (χ0n) is 22.8. The zero-order chi connectivity index (χ0) is 28.4. The zero-order valence-corrected chi connectivity index (χ0v) is 23.6. The molecule has 0 spiro atoms. The normalized spacial score (nSPS) is 22.3. The van der Waals surface area contributed by atoms with Crippen LogP contribution in [0, 0.1) is 17.6 Å². The topological polar surface area (TPSA) is 99.4 Å². The van der Waals surface area contributed by atoms with E-state index in [4.69, 9.17) is 15.2 Å². The number of aromatic nitrogens is 2. The number of carbonyl (C=O) groups excluding carboxylic acids is 1. The fraction of sp³-hybridized carbons (Fsp3) is 0.433. The number of hydrogen-bond donors (Lipinski definition) is 2. The third-order valence-electron chi connectivity index (χ3n) is 7.49. The first-order chi connectivity index (χ1) is 19.2. The van der Waals surface area contributed by atoms with Gasteiger partial charge in [0.2, 0.25) is 0 Å². The highest BCUT2D eigenvalue weighted by molar-refractivity contribution is 7.98. The monoisotopic (exact) mass is 568 g/mol. The predicted octanol–water partition coefficient (Wildman–Crippen LogP) is 5.59. The maximum atomic E-state index is 15.9. The number of halogens is 2. The Kier molecular flexibility index (Phi) is 8.68. The molecule has 3 N–H and O–H groups in total. The number of pyridine rings is 2. The number of hydrogen-bond acceptors (Lipinski definition) is 7. The maximum Gasteiger partial charge on any atom is 0.274 e. The number of ether oxygens (including phenoxy) is 2. The van der Waals surface area contributed by atoms with Crippen molar-refractivity contribution in [2.75, 3.05) is 23.9 Å². The molecule has 1 saturated carbocycles. The van der Waals surface area contributed by atoms with E-state index in [0.29, 0.717) is 42.9 Å². The lowest BCUT2D eigenvalue weighted by Gasteiger charge is -2.41. The molecular weight excluding hydrogens is 534 g/mol. The first-order valence-corrected chi connectivity index (χ1v) is 14.9. The Labute approximate surface area is 237 Å². The summed E-state index contributed by atoms with van der Waals surface area (Å²) in [5.74, 6) is -0.890. The minimum atomic E-state index is -0.725. The molecule has 1 amide bonds. The number of carbonyl (C=O) groups is 1. The first-order valence-electron chi connectivity index (χ1n) is 13.5. The lowest BCUT2D eigenvalue weighted by Crippen LogP contribution is -2.48. The largest absolute Gasteiger partial charge is 0.491 e. The SMILES string of the molecule is CSCCOC1C(N)CC2CC1Cc1cc(OC(C)C)cc(F)c1-c1nc(ccc1F)C(=O)Nc1cnccc12. The fourth-order valence-electron chi connectivity index (χ4n) is 5.87. The Morgan fingerprint density at radius 2 is 2.00 bits per heavy atom. The van der Waals surface area contributed by atoms with Crippen LogP contribution in [-0.2, 0) is 11.2 Å². The third kappa shape index (κ3) is 5.99. The highest BCUT2D eigenvalue weighted by Gasteiger charge is 2.39. The van der Waals surface area contributed by atoms with Crippen LogP contribution in [0.2, 0.25) is 0 Å². The number of nitrogens with zero attached hydrogens (tertiary/aromatic N) is 2. The second kappa shape index (κ2) is 12.2. The van der Waals surface area contributed by atoms with Crippen molar-refractivity contribution in [2.45, 2.75) is 57.3 Å². The van der Waals surface area contributed by atoms with Gasteiger partial charge in [0.05, 0.1) is 30.7 Å². The van der Waals surface area contributed by atoms with Crippen LogP contribution in [0.25, 0.3) is 11.3 Å². The summed E-state index contributed by atoms with van der Waals surface area (Å²) in [7, 11) is 0. The number of nitrogens with two attached hydrogens (primary N) is 1. The summed E-state index contributed by atoms with van der Waals surface area (Å²) in [5.41, 5.74) is 8.52. The average molecular weight is 569 g/mol. The fourth-order valence-corrected chi connectivity index (χ4v) is 6.13. The molecule has 3 aromatic rings. The van der Waals surface area contributed by atoms with Gasteiger partial charge in [-0.2, -0.15) is 11.8 Å². The van der Waals surface area contributed by atoms with Gasteiger partial charge in [-0.05, 0) is 86.6 Å². The Morgan fingerprint density at radius 1 is 1.18 bits per heavy atom. The van der Waals surface area contributed by atoms with Crippen molar-refractivity contribution < 1.29 is 23.0 Å². The van der Waals surface area contributed by atoms with Gasteiger partial charge in [-0.1, -0.05) is 0 Å². The molecule has 5 rings (SSSR count). The molecule has 2 aromatic heterocycles. The molecule has 0 radical (unpaired) electrons. The molecule has 212 valence electrons. The maximum absolute atomic E-state index is 15.9. The number of fused-ring (bicyclic) bond motifs is 8. The number of nitrogens with one attached hydrogen (secondary N) is 1. The van der Waals surface area contributed by atoms with Crippen LogP contribution in [0.5, 0.6) is 5.75 Å². The molecular formula is C30H34F2N4O3S. The van der Waals surface area contributed by atoms with Gasteiger partial charge in [0.15, 0.2) is 0 Å². The van der Waals surface area contributed by atoms with E-state index < -0.39 is 17.5 Å². The van der Waals surface area contributed by atoms with Crippen LogP contribution in [0.3, 0.4) is 0 Å². The number of thioether (sulfide) groups is 1. The van der Waals surface area contributed by atoms with Crippen LogP contribution in [-0.4, -0.2) is 52.7 Å². The van der Waals surface area contributed by atoms with E-state index in [0.717, 1.165) is 17.4 Å². The molecule has 1 fully saturated rings. The molecule has 3 heterocycles. The number of rotatable bonds is 6. The summed E-state index contributed by atoms with van der Waals surface area (Å²) >= 11 is 1.69. The Balaban J connectivity index is 1.70. The average Bonchev–Trinajstić information content (AvgIpc) is 2.90. The van der Waals surface area contributed by atoms with Crippen molar-refractivity contribution in [1.82, 2.24) is 9.97 Å². The van der Waals surface area contributed by atoms with E-state index in [1.54, 1.807) is 30.2 Å². The molecule has 4 atom stereocenters. The van der Waals surface area contributed by atoms with Crippen LogP contribution in [0.4, 0.5) is 14.5 Å². The number of anilines is 1. The van der Waals surface area contributed by atoms with E-state index in [1.807, 2.05) is 26.2 Å². The molecule has 7 nitrogen and oxygen atoms in total. The van der Waals surface area contributed by atoms with Crippen molar-refractivity contribution >= 4 is 23.4 Å². The minimum absolute atomic E-state index is 0.00402. The summed E-state index contributed by atoms with van der Waals surface area (Å²) in [6.45, 7) is 4.25. The summed E-state index contributed by atoms with van der Waals surface area (Å²) in [6.07, 6.45) is 6.52. The van der Waals surface area contributed by atoms with Gasteiger partial charge in [-0.15, -0.1) is 0 Å². The standard InChI is InChI=1S/C30H34F2N4O3S/c1-16(2)39-20-12-18-11-19-10-17(13-24(33)29(19)38-8-9-40-3)21-6-7-34-15-26(21)36-30(37)25-5-4-22(31)28(35-25)27(18)23(32)14-20/h4-7,12,14-17,19,24,29H,8-11,13,33H2,1-3H3,(H,36,37). The quantitative estimate of drug-likeness (QED) is 0.374. The van der Waals surface area contributed by atoms with Gasteiger partial charge < -0.3 is 20.5 Å². The van der Waals surface area contributed by atoms with Crippen LogP contribution < -0.4 is 15.8 Å². The van der Waals surface area contributed by atoms with Gasteiger partial charge >= 0.3 is 0 Å². The van der Waals surface area contributed by atoms with E-state index >= 15 is 8.78 Å². The summed E-state index contributed by atoms with van der Waals surface area (Å²) in [5, 5.41) is 2.89. The van der Waals surface area contributed by atoms with E-state index in [1.165, 1.54) is 12.1 Å². The van der Waals surface area contributed by atoms with E-state index in [-0.39, 0.29) is 47.0 Å². The number of benzene rings is 1. The molecule has 40 heavy (non-hydrogen) atoms. The van der Waals surface area contributed by atoms with Crippen molar-refractivity contribution in [3.63, 3.8) is 0 Å². The van der Waals surface area contributed by atoms with Gasteiger partial charge in [0.1, 0.15) is 28.8 Å². The lowest BCUT2D eigenvalue weighted by atomic mass is 9.71. The molecule has 4 bridgehead atoms. The predicted molar refractivity (Wildman–Crippen MR) is 153 cm³/mol. The van der Waals surface area contributed by atoms with Crippen LogP contribution in [0.15, 0.2) is 42.7 Å². The van der Waals surface area contributed by atoms with Gasteiger partial charge in [0, 0.05) is 29.6 Å². The molecule has 4 unspecified atom stereocenters. The summed E-state index contributed by atoms with van der Waals surface area (Å²) < 4.78 is 43.4. The second-order valence-corrected chi connectivity index (χ2v) is 11.7. The Morgan fingerprint density at radius 3 is 2.77 bits per heavy atom. The van der Waals surface area contributed by atoms with E-state index in [9.17, 15) is 4.79 Å².